The third-order valence-electron chi connectivity index (χ3n) is 3.02. The molecule has 0 amide bonds. The Kier molecular flexibility index (Phi) is 3.45. The van der Waals surface area contributed by atoms with Crippen molar-refractivity contribution in [3.8, 4) is 11.3 Å². The lowest BCUT2D eigenvalue weighted by Gasteiger charge is -2.03. The molecule has 0 aromatic carbocycles. The largest absolute Gasteiger partial charge is 0.466 e. The Morgan fingerprint density at radius 1 is 1.39 bits per heavy atom. The molecule has 0 bridgehead atoms. The van der Waals surface area contributed by atoms with Gasteiger partial charge in [0.2, 0.25) is 0 Å². The second kappa shape index (κ2) is 4.88. The summed E-state index contributed by atoms with van der Waals surface area (Å²) in [6, 6.07) is 1.99. The Morgan fingerprint density at radius 3 is 2.67 bits per heavy atom. The number of nitrogens with two attached hydrogens (primary N) is 1. The Bertz CT molecular complexity index is 537. The van der Waals surface area contributed by atoms with Crippen molar-refractivity contribution in [3.63, 3.8) is 0 Å². The average molecular weight is 247 g/mol. The number of nitrogen functional groups attached to an aromatic ring is 1. The first-order valence-electron chi connectivity index (χ1n) is 6.37. The molecule has 4 heteroatoms. The highest BCUT2D eigenvalue weighted by Gasteiger charge is 2.14. The van der Waals surface area contributed by atoms with Crippen LogP contribution in [0.3, 0.4) is 0 Å². The molecule has 0 aliphatic heterocycles. The smallest absolute Gasteiger partial charge is 0.119 e. The van der Waals surface area contributed by atoms with Gasteiger partial charge in [-0.15, -0.1) is 0 Å². The van der Waals surface area contributed by atoms with E-state index in [1.165, 1.54) is 0 Å². The summed E-state index contributed by atoms with van der Waals surface area (Å²) in [6.07, 6.45) is 3.00. The van der Waals surface area contributed by atoms with Gasteiger partial charge in [-0.3, -0.25) is 4.68 Å². The molecule has 2 aromatic rings. The lowest BCUT2D eigenvalue weighted by molar-refractivity contribution is 0.487. The highest BCUT2D eigenvalue weighted by Crippen LogP contribution is 2.29. The summed E-state index contributed by atoms with van der Waals surface area (Å²) >= 11 is 0. The summed E-state index contributed by atoms with van der Waals surface area (Å²) in [5.74, 6) is 2.42. The number of aromatic nitrogens is 2. The molecule has 4 nitrogen and oxygen atoms in total. The predicted octanol–water partition coefficient (Wildman–Crippen LogP) is 3.39. The maximum absolute atomic E-state index is 6.03. The lowest BCUT2D eigenvalue weighted by atomic mass is 10.1. The fourth-order valence-electron chi connectivity index (χ4n) is 2.02. The molecule has 2 N–H and O–H groups in total. The third kappa shape index (κ3) is 2.58. The molecule has 0 fully saturated rings. The van der Waals surface area contributed by atoms with Crippen molar-refractivity contribution in [2.75, 3.05) is 5.73 Å². The number of hydrogen-bond donors (Lipinski definition) is 1. The molecule has 98 valence electrons. The monoisotopic (exact) mass is 247 g/mol. The van der Waals surface area contributed by atoms with Crippen molar-refractivity contribution in [1.29, 1.82) is 0 Å². The Balaban J connectivity index is 2.26. The fraction of sp³-hybridized carbons (Fsp3) is 0.500. The normalized spacial score (nSPS) is 11.4. The van der Waals surface area contributed by atoms with Crippen molar-refractivity contribution < 1.29 is 4.42 Å². The van der Waals surface area contributed by atoms with E-state index in [1.807, 2.05) is 30.8 Å². The molecule has 2 rings (SSSR count). The van der Waals surface area contributed by atoms with Crippen LogP contribution in [0.15, 0.2) is 16.7 Å². The number of aryl methyl sites for hydroxylation is 3. The van der Waals surface area contributed by atoms with Gasteiger partial charge in [0.1, 0.15) is 17.2 Å². The lowest BCUT2D eigenvalue weighted by Crippen LogP contribution is -2.02. The molecule has 0 radical (unpaired) electrons. The van der Waals surface area contributed by atoms with E-state index in [2.05, 4.69) is 18.9 Å². The first kappa shape index (κ1) is 12.7. The van der Waals surface area contributed by atoms with E-state index in [1.54, 1.807) is 0 Å². The van der Waals surface area contributed by atoms with Gasteiger partial charge in [0, 0.05) is 18.3 Å². The van der Waals surface area contributed by atoms with Crippen LogP contribution in [-0.4, -0.2) is 9.78 Å². The number of anilines is 1. The first-order chi connectivity index (χ1) is 8.47. The summed E-state index contributed by atoms with van der Waals surface area (Å²) in [4.78, 5) is 0. The predicted molar refractivity (Wildman–Crippen MR) is 73.3 cm³/mol. The summed E-state index contributed by atoms with van der Waals surface area (Å²) in [6.45, 7) is 9.18. The molecular formula is C14H21N3O. The van der Waals surface area contributed by atoms with Gasteiger partial charge in [-0.1, -0.05) is 13.8 Å². The molecule has 0 unspecified atom stereocenters. The van der Waals surface area contributed by atoms with Crippen molar-refractivity contribution in [2.24, 2.45) is 5.92 Å². The number of rotatable bonds is 4. The van der Waals surface area contributed by atoms with E-state index in [4.69, 9.17) is 10.2 Å². The first-order valence-corrected chi connectivity index (χ1v) is 6.37. The zero-order valence-corrected chi connectivity index (χ0v) is 11.5. The van der Waals surface area contributed by atoms with Crippen molar-refractivity contribution in [2.45, 2.75) is 40.7 Å². The van der Waals surface area contributed by atoms with Gasteiger partial charge in [-0.05, 0) is 32.3 Å². The van der Waals surface area contributed by atoms with Crippen LogP contribution in [0.4, 0.5) is 5.69 Å². The van der Waals surface area contributed by atoms with Gasteiger partial charge < -0.3 is 10.2 Å². The van der Waals surface area contributed by atoms with Crippen LogP contribution in [0.5, 0.6) is 0 Å². The Hall–Kier alpha value is -1.71. The van der Waals surface area contributed by atoms with Gasteiger partial charge in [0.25, 0.3) is 0 Å². The summed E-state index contributed by atoms with van der Waals surface area (Å²) in [5.41, 5.74) is 8.56. The maximum Gasteiger partial charge on any atom is 0.119 e. The molecular weight excluding hydrogens is 226 g/mol. The van der Waals surface area contributed by atoms with Crippen molar-refractivity contribution >= 4 is 5.69 Å². The Labute approximate surface area is 108 Å². The van der Waals surface area contributed by atoms with E-state index in [0.717, 1.165) is 35.7 Å². The third-order valence-corrected chi connectivity index (χ3v) is 3.02. The van der Waals surface area contributed by atoms with Gasteiger partial charge >= 0.3 is 0 Å². The van der Waals surface area contributed by atoms with Gasteiger partial charge in [0.15, 0.2) is 0 Å². The molecule has 18 heavy (non-hydrogen) atoms. The average Bonchev–Trinajstić information content (AvgIpc) is 2.79. The quantitative estimate of drug-likeness (QED) is 0.901. The van der Waals surface area contributed by atoms with E-state index in [9.17, 15) is 0 Å². The second-order valence-electron chi connectivity index (χ2n) is 5.21. The van der Waals surface area contributed by atoms with Gasteiger partial charge in [0.05, 0.1) is 5.69 Å². The van der Waals surface area contributed by atoms with E-state index < -0.39 is 0 Å². The molecule has 0 saturated heterocycles. The minimum atomic E-state index is 0.664. The highest BCUT2D eigenvalue weighted by molar-refractivity contribution is 5.73. The van der Waals surface area contributed by atoms with E-state index in [-0.39, 0.29) is 0 Å². The second-order valence-corrected chi connectivity index (χ2v) is 5.21. The van der Waals surface area contributed by atoms with Crippen LogP contribution >= 0.6 is 0 Å². The standard InChI is InChI=1S/C14H21N3O/c1-9(2)5-6-17-8-13(15)14(16-17)12-7-10(3)18-11(12)4/h7-9H,5-6,15H2,1-4H3. The van der Waals surface area contributed by atoms with Gasteiger partial charge in [-0.2, -0.15) is 5.10 Å². The molecule has 0 atom stereocenters. The topological polar surface area (TPSA) is 57.0 Å². The molecule has 0 saturated carbocycles. The van der Waals surface area contributed by atoms with Crippen LogP contribution < -0.4 is 5.73 Å². The SMILES string of the molecule is Cc1cc(-c2nn(CCC(C)C)cc2N)c(C)o1. The molecule has 0 aliphatic carbocycles. The number of hydrogen-bond acceptors (Lipinski definition) is 3. The van der Waals surface area contributed by atoms with Crippen LogP contribution in [0.1, 0.15) is 31.8 Å². The number of nitrogens with zero attached hydrogens (tertiary/aromatic N) is 2. The zero-order chi connectivity index (χ0) is 13.3. The van der Waals surface area contributed by atoms with Crippen LogP contribution in [0.25, 0.3) is 11.3 Å². The minimum Gasteiger partial charge on any atom is -0.466 e. The Morgan fingerprint density at radius 2 is 2.11 bits per heavy atom. The van der Waals surface area contributed by atoms with E-state index in [0.29, 0.717) is 11.6 Å². The summed E-state index contributed by atoms with van der Waals surface area (Å²) in [7, 11) is 0. The van der Waals surface area contributed by atoms with Gasteiger partial charge in [-0.25, -0.2) is 0 Å². The molecule has 2 aromatic heterocycles. The minimum absolute atomic E-state index is 0.664. The fourth-order valence-corrected chi connectivity index (χ4v) is 2.02. The van der Waals surface area contributed by atoms with Crippen molar-refractivity contribution in [3.05, 3.63) is 23.8 Å². The van der Waals surface area contributed by atoms with Crippen LogP contribution in [0, 0.1) is 19.8 Å². The summed E-state index contributed by atoms with van der Waals surface area (Å²) in [5, 5.41) is 4.56. The maximum atomic E-state index is 6.03. The van der Waals surface area contributed by atoms with Crippen molar-refractivity contribution in [1.82, 2.24) is 9.78 Å². The molecule has 2 heterocycles. The molecule has 0 spiro atoms. The number of furan rings is 1. The molecule has 0 aliphatic rings. The summed E-state index contributed by atoms with van der Waals surface area (Å²) < 4.78 is 7.45. The highest BCUT2D eigenvalue weighted by atomic mass is 16.3. The van der Waals surface area contributed by atoms with Crippen LogP contribution in [-0.2, 0) is 6.54 Å². The van der Waals surface area contributed by atoms with E-state index >= 15 is 0 Å². The zero-order valence-electron chi connectivity index (χ0n) is 11.5. The van der Waals surface area contributed by atoms with Crippen LogP contribution in [0.2, 0.25) is 0 Å².